The van der Waals surface area contributed by atoms with Crippen LogP contribution in [0.15, 0.2) is 35.9 Å². The zero-order chi connectivity index (χ0) is 19.4. The molecular weight excluding hydrogens is 357 g/mol. The lowest BCUT2D eigenvalue weighted by Gasteiger charge is -2.19. The molecule has 1 N–H and O–H groups in total. The number of rotatable bonds is 5. The van der Waals surface area contributed by atoms with Crippen molar-refractivity contribution in [1.82, 2.24) is 4.90 Å². The van der Waals surface area contributed by atoms with Crippen molar-refractivity contribution in [3.8, 4) is 0 Å². The van der Waals surface area contributed by atoms with Crippen molar-refractivity contribution in [2.24, 2.45) is 5.92 Å². The molecule has 1 aromatic carbocycles. The van der Waals surface area contributed by atoms with Crippen molar-refractivity contribution >= 4 is 17.5 Å². The van der Waals surface area contributed by atoms with Crippen LogP contribution in [0.5, 0.6) is 0 Å². The average molecular weight is 380 g/mol. The first-order valence-electron chi connectivity index (χ1n) is 9.27. The molecule has 0 bridgehead atoms. The van der Waals surface area contributed by atoms with E-state index in [0.717, 1.165) is 25.3 Å². The van der Waals surface area contributed by atoms with Gasteiger partial charge >= 0.3 is 6.18 Å². The Hall–Kier alpha value is -2.31. The number of carbonyl (C=O) groups excluding carboxylic acids is 2. The summed E-state index contributed by atoms with van der Waals surface area (Å²) in [6, 6.07) is 4.87. The fourth-order valence-electron chi connectivity index (χ4n) is 3.65. The van der Waals surface area contributed by atoms with Gasteiger partial charge < -0.3 is 10.2 Å². The van der Waals surface area contributed by atoms with Crippen LogP contribution in [0, 0.1) is 5.92 Å². The maximum Gasteiger partial charge on any atom is 0.418 e. The second-order valence-corrected chi connectivity index (χ2v) is 7.13. The minimum Gasteiger partial charge on any atom is -0.342 e. The number of nitrogens with one attached hydrogen (secondary N) is 1. The molecule has 3 rings (SSSR count). The quantitative estimate of drug-likeness (QED) is 0.771. The summed E-state index contributed by atoms with van der Waals surface area (Å²) in [5.41, 5.74) is 0.193. The van der Waals surface area contributed by atoms with Crippen molar-refractivity contribution < 1.29 is 22.8 Å². The fraction of sp³-hybridized carbons (Fsp3) is 0.500. The molecule has 2 aliphatic rings. The van der Waals surface area contributed by atoms with Gasteiger partial charge in [0, 0.05) is 19.5 Å². The van der Waals surface area contributed by atoms with E-state index >= 15 is 0 Å². The first-order valence-corrected chi connectivity index (χ1v) is 9.27. The Kier molecular flexibility index (Phi) is 5.87. The standard InChI is InChI=1S/C20H23F3N2O2/c21-20(22,23)16-8-4-5-9-17(16)24-19(27)15-12-18(26)25(13-15)11-10-14-6-2-1-3-7-14/h4-6,8-9,15H,1-3,7,10-13H2,(H,24,27). The summed E-state index contributed by atoms with van der Waals surface area (Å²) in [6.45, 7) is 0.819. The largest absolute Gasteiger partial charge is 0.418 e. The van der Waals surface area contributed by atoms with Gasteiger partial charge in [-0.15, -0.1) is 0 Å². The number of hydrogen-bond donors (Lipinski definition) is 1. The Morgan fingerprint density at radius 1 is 1.22 bits per heavy atom. The van der Waals surface area contributed by atoms with Gasteiger partial charge in [-0.3, -0.25) is 9.59 Å². The number of nitrogens with zero attached hydrogens (tertiary/aromatic N) is 1. The maximum atomic E-state index is 13.1. The van der Waals surface area contributed by atoms with Crippen LogP contribution in [-0.4, -0.2) is 29.8 Å². The van der Waals surface area contributed by atoms with Crippen LogP contribution in [0.1, 0.15) is 44.1 Å². The zero-order valence-corrected chi connectivity index (χ0v) is 15.0. The van der Waals surface area contributed by atoms with Crippen molar-refractivity contribution in [2.45, 2.75) is 44.7 Å². The predicted molar refractivity (Wildman–Crippen MR) is 95.9 cm³/mol. The number of likely N-dealkylation sites (tertiary alicyclic amines) is 1. The molecule has 0 aromatic heterocycles. The molecule has 4 nitrogen and oxygen atoms in total. The number of benzene rings is 1. The second kappa shape index (κ2) is 8.15. The Morgan fingerprint density at radius 2 is 2.00 bits per heavy atom. The Labute approximate surface area is 156 Å². The van der Waals surface area contributed by atoms with Gasteiger partial charge in [0.2, 0.25) is 11.8 Å². The van der Waals surface area contributed by atoms with Crippen LogP contribution in [0.4, 0.5) is 18.9 Å². The van der Waals surface area contributed by atoms with E-state index in [4.69, 9.17) is 0 Å². The number of allylic oxidation sites excluding steroid dienone is 1. The highest BCUT2D eigenvalue weighted by Crippen LogP contribution is 2.35. The summed E-state index contributed by atoms with van der Waals surface area (Å²) < 4.78 is 39.2. The Balaban J connectivity index is 1.59. The molecule has 2 amide bonds. The SMILES string of the molecule is O=C(Nc1ccccc1C(F)(F)F)C1CC(=O)N(CCC2=CCCCC2)C1. The molecule has 7 heteroatoms. The van der Waals surface area contributed by atoms with E-state index in [1.165, 1.54) is 36.6 Å². The molecule has 0 radical (unpaired) electrons. The number of hydrogen-bond acceptors (Lipinski definition) is 2. The monoisotopic (exact) mass is 380 g/mol. The van der Waals surface area contributed by atoms with E-state index in [-0.39, 0.29) is 24.6 Å². The summed E-state index contributed by atoms with van der Waals surface area (Å²) in [7, 11) is 0. The average Bonchev–Trinajstić information content (AvgIpc) is 3.01. The van der Waals surface area contributed by atoms with E-state index in [1.54, 1.807) is 4.90 Å². The number of para-hydroxylation sites is 1. The molecule has 1 unspecified atom stereocenters. The van der Waals surface area contributed by atoms with Crippen LogP contribution in [-0.2, 0) is 15.8 Å². The lowest BCUT2D eigenvalue weighted by atomic mass is 9.97. The van der Waals surface area contributed by atoms with Crippen molar-refractivity contribution in [3.63, 3.8) is 0 Å². The molecule has 0 saturated carbocycles. The molecule has 0 spiro atoms. The third kappa shape index (κ3) is 4.90. The van der Waals surface area contributed by atoms with Gasteiger partial charge in [0.1, 0.15) is 0 Å². The summed E-state index contributed by atoms with van der Waals surface area (Å²) in [6.07, 6.45) is 3.03. The molecule has 1 fully saturated rings. The minimum atomic E-state index is -4.55. The van der Waals surface area contributed by atoms with Gasteiger partial charge in [0.15, 0.2) is 0 Å². The summed E-state index contributed by atoms with van der Waals surface area (Å²) >= 11 is 0. The topological polar surface area (TPSA) is 49.4 Å². The molecule has 27 heavy (non-hydrogen) atoms. The first kappa shape index (κ1) is 19.5. The van der Waals surface area contributed by atoms with Gasteiger partial charge in [0.05, 0.1) is 17.2 Å². The molecule has 1 heterocycles. The smallest absolute Gasteiger partial charge is 0.342 e. The summed E-state index contributed by atoms with van der Waals surface area (Å²) in [4.78, 5) is 26.3. The minimum absolute atomic E-state index is 0.0407. The molecule has 1 aliphatic heterocycles. The lowest BCUT2D eigenvalue weighted by molar-refractivity contribution is -0.137. The Morgan fingerprint density at radius 3 is 2.70 bits per heavy atom. The van der Waals surface area contributed by atoms with E-state index in [0.29, 0.717) is 6.54 Å². The van der Waals surface area contributed by atoms with Gasteiger partial charge in [-0.25, -0.2) is 0 Å². The maximum absolute atomic E-state index is 13.1. The molecule has 146 valence electrons. The normalized spacial score (nSPS) is 20.6. The van der Waals surface area contributed by atoms with Crippen LogP contribution in [0.25, 0.3) is 0 Å². The fourth-order valence-corrected chi connectivity index (χ4v) is 3.65. The number of amides is 2. The van der Waals surface area contributed by atoms with E-state index < -0.39 is 23.6 Å². The first-order chi connectivity index (χ1) is 12.8. The zero-order valence-electron chi connectivity index (χ0n) is 15.0. The molecule has 1 aromatic rings. The van der Waals surface area contributed by atoms with Gasteiger partial charge in [-0.1, -0.05) is 23.8 Å². The predicted octanol–water partition coefficient (Wildman–Crippen LogP) is 4.38. The summed E-state index contributed by atoms with van der Waals surface area (Å²) in [5, 5.41) is 2.36. The van der Waals surface area contributed by atoms with Crippen LogP contribution in [0.3, 0.4) is 0 Å². The number of carbonyl (C=O) groups is 2. The van der Waals surface area contributed by atoms with E-state index in [9.17, 15) is 22.8 Å². The van der Waals surface area contributed by atoms with E-state index in [1.807, 2.05) is 0 Å². The lowest BCUT2D eigenvalue weighted by Crippen LogP contribution is -2.29. The highest BCUT2D eigenvalue weighted by molar-refractivity contribution is 5.97. The number of halogens is 3. The number of alkyl halides is 3. The second-order valence-electron chi connectivity index (χ2n) is 7.13. The highest BCUT2D eigenvalue weighted by Gasteiger charge is 2.37. The molecule has 1 atom stereocenters. The summed E-state index contributed by atoms with van der Waals surface area (Å²) in [5.74, 6) is -1.28. The molecular formula is C20H23F3N2O2. The van der Waals surface area contributed by atoms with Crippen molar-refractivity contribution in [1.29, 1.82) is 0 Å². The van der Waals surface area contributed by atoms with Gasteiger partial charge in [0.25, 0.3) is 0 Å². The van der Waals surface area contributed by atoms with Gasteiger partial charge in [-0.05, 0) is 44.2 Å². The molecule has 1 aliphatic carbocycles. The third-order valence-electron chi connectivity index (χ3n) is 5.16. The highest BCUT2D eigenvalue weighted by atomic mass is 19.4. The van der Waals surface area contributed by atoms with Crippen LogP contribution >= 0.6 is 0 Å². The van der Waals surface area contributed by atoms with Crippen molar-refractivity contribution in [2.75, 3.05) is 18.4 Å². The molecule has 1 saturated heterocycles. The van der Waals surface area contributed by atoms with Crippen LogP contribution in [0.2, 0.25) is 0 Å². The van der Waals surface area contributed by atoms with E-state index in [2.05, 4.69) is 11.4 Å². The number of anilines is 1. The third-order valence-corrected chi connectivity index (χ3v) is 5.16. The van der Waals surface area contributed by atoms with Gasteiger partial charge in [-0.2, -0.15) is 13.2 Å². The Bertz CT molecular complexity index is 743. The van der Waals surface area contributed by atoms with Crippen molar-refractivity contribution in [3.05, 3.63) is 41.5 Å². The van der Waals surface area contributed by atoms with Crippen LogP contribution < -0.4 is 5.32 Å².